The van der Waals surface area contributed by atoms with Gasteiger partial charge in [0.25, 0.3) is 0 Å². The fourth-order valence-corrected chi connectivity index (χ4v) is 2.61. The monoisotopic (exact) mass is 298 g/mol. The first-order chi connectivity index (χ1) is 8.24. The average Bonchev–Trinajstić information content (AvgIpc) is 2.33. The highest BCUT2D eigenvalue weighted by molar-refractivity contribution is 9.10. The van der Waals surface area contributed by atoms with E-state index in [1.807, 2.05) is 29.2 Å². The van der Waals surface area contributed by atoms with Crippen LogP contribution in [0.5, 0.6) is 0 Å². The van der Waals surface area contributed by atoms with Gasteiger partial charge in [-0.3, -0.25) is 4.79 Å². The van der Waals surface area contributed by atoms with E-state index in [4.69, 9.17) is 5.11 Å². The number of anilines is 1. The number of benzene rings is 1. The number of nitrogens with one attached hydrogen (secondary N) is 1. The molecule has 1 aliphatic heterocycles. The number of aliphatic hydroxyl groups is 1. The van der Waals surface area contributed by atoms with Crippen LogP contribution in [0.3, 0.4) is 0 Å². The second-order valence-electron chi connectivity index (χ2n) is 3.96. The maximum Gasteiger partial charge on any atom is 0.242 e. The van der Waals surface area contributed by atoms with Crippen molar-refractivity contribution in [3.63, 3.8) is 0 Å². The highest BCUT2D eigenvalue weighted by atomic mass is 79.9. The topological polar surface area (TPSA) is 52.6 Å². The van der Waals surface area contributed by atoms with Crippen molar-refractivity contribution in [2.24, 2.45) is 0 Å². The van der Waals surface area contributed by atoms with E-state index in [2.05, 4.69) is 21.2 Å². The summed E-state index contributed by atoms with van der Waals surface area (Å²) < 4.78 is 0.970. The highest BCUT2D eigenvalue weighted by Gasteiger charge is 2.29. The zero-order valence-electron chi connectivity index (χ0n) is 9.40. The first kappa shape index (κ1) is 12.4. The number of amides is 1. The summed E-state index contributed by atoms with van der Waals surface area (Å²) in [5, 5.41) is 11.9. The molecule has 5 heteroatoms. The maximum absolute atomic E-state index is 11.8. The van der Waals surface area contributed by atoms with Crippen molar-refractivity contribution in [1.29, 1.82) is 0 Å². The second-order valence-corrected chi connectivity index (χ2v) is 4.82. The molecule has 1 aromatic rings. The Hall–Kier alpha value is -1.07. The van der Waals surface area contributed by atoms with Gasteiger partial charge in [0.2, 0.25) is 5.91 Å². The third-order valence-corrected chi connectivity index (χ3v) is 3.57. The van der Waals surface area contributed by atoms with E-state index in [9.17, 15) is 4.79 Å². The normalized spacial score (nSPS) is 20.2. The van der Waals surface area contributed by atoms with E-state index in [-0.39, 0.29) is 18.6 Å². The van der Waals surface area contributed by atoms with Gasteiger partial charge in [-0.05, 0) is 34.5 Å². The minimum Gasteiger partial charge on any atom is -0.396 e. The summed E-state index contributed by atoms with van der Waals surface area (Å²) in [5.41, 5.74) is 1.00. The van der Waals surface area contributed by atoms with Gasteiger partial charge in [0.1, 0.15) is 6.04 Å². The number of piperazine rings is 1. The molecule has 0 saturated carbocycles. The largest absolute Gasteiger partial charge is 0.396 e. The molecule has 2 rings (SSSR count). The molecule has 1 fully saturated rings. The predicted molar refractivity (Wildman–Crippen MR) is 70.0 cm³/mol. The summed E-state index contributed by atoms with van der Waals surface area (Å²) in [6.45, 7) is 1.42. The number of hydrogen-bond acceptors (Lipinski definition) is 3. The third kappa shape index (κ3) is 2.61. The van der Waals surface area contributed by atoms with Crippen LogP contribution in [0.2, 0.25) is 0 Å². The van der Waals surface area contributed by atoms with Gasteiger partial charge in [-0.15, -0.1) is 0 Å². The fourth-order valence-electron chi connectivity index (χ4n) is 2.10. The summed E-state index contributed by atoms with van der Waals surface area (Å²) in [5.74, 6) is -0.0129. The van der Waals surface area contributed by atoms with Gasteiger partial charge in [0.15, 0.2) is 0 Å². The number of aliphatic hydroxyl groups excluding tert-OH is 1. The molecule has 2 N–H and O–H groups in total. The molecule has 0 bridgehead atoms. The lowest BCUT2D eigenvalue weighted by molar-refractivity contribution is -0.123. The smallest absolute Gasteiger partial charge is 0.242 e. The Balaban J connectivity index is 2.28. The van der Waals surface area contributed by atoms with E-state index < -0.39 is 0 Å². The number of carbonyl (C=O) groups excluding carboxylic acids is 1. The number of nitrogens with zero attached hydrogens (tertiary/aromatic N) is 1. The van der Waals surface area contributed by atoms with Crippen molar-refractivity contribution in [2.75, 3.05) is 24.6 Å². The Bertz CT molecular complexity index is 411. The van der Waals surface area contributed by atoms with Crippen molar-refractivity contribution in [3.8, 4) is 0 Å². The van der Waals surface area contributed by atoms with Crippen LogP contribution in [0, 0.1) is 0 Å². The second kappa shape index (κ2) is 5.51. The van der Waals surface area contributed by atoms with Crippen molar-refractivity contribution < 1.29 is 9.90 Å². The van der Waals surface area contributed by atoms with E-state index in [0.29, 0.717) is 13.0 Å². The van der Waals surface area contributed by atoms with Crippen LogP contribution in [0.4, 0.5) is 5.69 Å². The molecule has 1 atom stereocenters. The van der Waals surface area contributed by atoms with Gasteiger partial charge >= 0.3 is 0 Å². The van der Waals surface area contributed by atoms with Crippen LogP contribution in [0.25, 0.3) is 0 Å². The van der Waals surface area contributed by atoms with Crippen LogP contribution in [-0.2, 0) is 4.79 Å². The zero-order chi connectivity index (χ0) is 12.3. The van der Waals surface area contributed by atoms with Crippen LogP contribution in [-0.4, -0.2) is 36.8 Å². The molecule has 1 aliphatic rings. The lowest BCUT2D eigenvalue weighted by Crippen LogP contribution is -2.55. The van der Waals surface area contributed by atoms with Crippen molar-refractivity contribution >= 4 is 27.5 Å². The molecule has 0 radical (unpaired) electrons. The Morgan fingerprint density at radius 1 is 1.47 bits per heavy atom. The molecule has 1 saturated heterocycles. The predicted octanol–water partition coefficient (Wildman–Crippen LogP) is 1.14. The van der Waals surface area contributed by atoms with Crippen LogP contribution < -0.4 is 10.2 Å². The SMILES string of the molecule is O=C1NCCN(c2ccccc2Br)C1CCO. The number of rotatable bonds is 3. The molecule has 92 valence electrons. The van der Waals surface area contributed by atoms with E-state index in [1.165, 1.54) is 0 Å². The minimum atomic E-state index is -0.285. The van der Waals surface area contributed by atoms with E-state index in [0.717, 1.165) is 16.7 Å². The Labute approximate surface area is 109 Å². The molecular weight excluding hydrogens is 284 g/mol. The third-order valence-electron chi connectivity index (χ3n) is 2.90. The molecule has 0 aromatic heterocycles. The van der Waals surface area contributed by atoms with Gasteiger partial charge in [-0.2, -0.15) is 0 Å². The van der Waals surface area contributed by atoms with Gasteiger partial charge in [-0.1, -0.05) is 12.1 Å². The Kier molecular flexibility index (Phi) is 4.02. The number of halogens is 1. The van der Waals surface area contributed by atoms with Crippen LogP contribution in [0.15, 0.2) is 28.7 Å². The number of hydrogen-bond donors (Lipinski definition) is 2. The number of para-hydroxylation sites is 1. The first-order valence-electron chi connectivity index (χ1n) is 5.64. The standard InChI is InChI=1S/C12H15BrN2O2/c13-9-3-1-2-4-10(9)15-7-6-14-12(17)11(15)5-8-16/h1-4,11,16H,5-8H2,(H,14,17). The van der Waals surface area contributed by atoms with Crippen LogP contribution >= 0.6 is 15.9 Å². The molecule has 0 aliphatic carbocycles. The maximum atomic E-state index is 11.8. The van der Waals surface area contributed by atoms with Gasteiger partial charge in [-0.25, -0.2) is 0 Å². The fraction of sp³-hybridized carbons (Fsp3) is 0.417. The summed E-state index contributed by atoms with van der Waals surface area (Å²) in [6, 6.07) is 7.54. The molecule has 1 amide bonds. The van der Waals surface area contributed by atoms with Crippen LogP contribution in [0.1, 0.15) is 6.42 Å². The van der Waals surface area contributed by atoms with Crippen molar-refractivity contribution in [3.05, 3.63) is 28.7 Å². The molecule has 17 heavy (non-hydrogen) atoms. The zero-order valence-corrected chi connectivity index (χ0v) is 11.0. The first-order valence-corrected chi connectivity index (χ1v) is 6.43. The number of carbonyl (C=O) groups is 1. The van der Waals surface area contributed by atoms with E-state index in [1.54, 1.807) is 0 Å². The molecular formula is C12H15BrN2O2. The minimum absolute atomic E-state index is 0.0129. The Morgan fingerprint density at radius 2 is 2.24 bits per heavy atom. The highest BCUT2D eigenvalue weighted by Crippen LogP contribution is 2.28. The Morgan fingerprint density at radius 3 is 2.94 bits per heavy atom. The average molecular weight is 299 g/mol. The van der Waals surface area contributed by atoms with Gasteiger partial charge in [0.05, 0.1) is 5.69 Å². The molecule has 1 heterocycles. The van der Waals surface area contributed by atoms with Crippen molar-refractivity contribution in [2.45, 2.75) is 12.5 Å². The molecule has 4 nitrogen and oxygen atoms in total. The summed E-state index contributed by atoms with van der Waals surface area (Å²) in [6.07, 6.45) is 0.452. The summed E-state index contributed by atoms with van der Waals surface area (Å²) in [7, 11) is 0. The summed E-state index contributed by atoms with van der Waals surface area (Å²) in [4.78, 5) is 13.8. The lowest BCUT2D eigenvalue weighted by Gasteiger charge is -2.37. The quantitative estimate of drug-likeness (QED) is 0.880. The van der Waals surface area contributed by atoms with Gasteiger partial charge < -0.3 is 15.3 Å². The van der Waals surface area contributed by atoms with E-state index >= 15 is 0 Å². The molecule has 1 unspecified atom stereocenters. The summed E-state index contributed by atoms with van der Waals surface area (Å²) >= 11 is 3.49. The molecule has 0 spiro atoms. The van der Waals surface area contributed by atoms with Crippen molar-refractivity contribution in [1.82, 2.24) is 5.32 Å². The molecule has 1 aromatic carbocycles. The lowest BCUT2D eigenvalue weighted by atomic mass is 10.1. The van der Waals surface area contributed by atoms with Gasteiger partial charge in [0, 0.05) is 24.2 Å².